The van der Waals surface area contributed by atoms with Crippen molar-refractivity contribution in [3.8, 4) is 22.9 Å². The molecule has 2 aromatic carbocycles. The Hall–Kier alpha value is -3.66. The number of ether oxygens (including phenoxy) is 3. The summed E-state index contributed by atoms with van der Waals surface area (Å²) < 4.78 is 30.5. The highest BCUT2D eigenvalue weighted by molar-refractivity contribution is 5.93. The number of hydrogen-bond acceptors (Lipinski definition) is 7. The highest BCUT2D eigenvalue weighted by Gasteiger charge is 2.19. The quantitative estimate of drug-likeness (QED) is 0.605. The lowest BCUT2D eigenvalue weighted by atomic mass is 10.2. The van der Waals surface area contributed by atoms with Gasteiger partial charge in [-0.2, -0.15) is 0 Å². The molecule has 1 aromatic heterocycles. The summed E-state index contributed by atoms with van der Waals surface area (Å²) in [6.07, 6.45) is -0.938. The van der Waals surface area contributed by atoms with Crippen molar-refractivity contribution in [1.29, 1.82) is 0 Å². The summed E-state index contributed by atoms with van der Waals surface area (Å²) in [5.74, 6) is 0.881. The highest BCUT2D eigenvalue weighted by Crippen LogP contribution is 2.35. The highest BCUT2D eigenvalue weighted by atomic mass is 19.1. The Morgan fingerprint density at radius 1 is 1.27 bits per heavy atom. The van der Waals surface area contributed by atoms with E-state index >= 15 is 0 Å². The Balaban J connectivity index is 1.30. The molecular weight excluding hydrogens is 395 g/mol. The number of benzene rings is 2. The van der Waals surface area contributed by atoms with Crippen LogP contribution in [-0.4, -0.2) is 52.1 Å². The molecule has 9 nitrogen and oxygen atoms in total. The van der Waals surface area contributed by atoms with E-state index in [9.17, 15) is 14.3 Å². The van der Waals surface area contributed by atoms with E-state index in [2.05, 4.69) is 15.6 Å². The normalized spacial score (nSPS) is 13.2. The molecule has 0 aliphatic carbocycles. The largest absolute Gasteiger partial charge is 0.491 e. The van der Waals surface area contributed by atoms with Crippen molar-refractivity contribution in [2.45, 2.75) is 13.0 Å². The predicted octanol–water partition coefficient (Wildman–Crippen LogP) is 1.61. The zero-order chi connectivity index (χ0) is 21.1. The van der Waals surface area contributed by atoms with Crippen LogP contribution in [0.25, 0.3) is 5.69 Å². The number of carbonyl (C=O) groups is 1. The average Bonchev–Trinajstić information content (AvgIpc) is 3.37. The summed E-state index contributed by atoms with van der Waals surface area (Å²) in [6, 6.07) is 10.8. The van der Waals surface area contributed by atoms with Crippen LogP contribution >= 0.6 is 0 Å². The topological polar surface area (TPSA) is 108 Å². The van der Waals surface area contributed by atoms with Gasteiger partial charge >= 0.3 is 0 Å². The molecule has 3 aromatic rings. The number of rotatable bonds is 7. The molecule has 30 heavy (non-hydrogen) atoms. The van der Waals surface area contributed by atoms with E-state index in [1.54, 1.807) is 25.1 Å². The zero-order valence-corrected chi connectivity index (χ0v) is 16.0. The minimum atomic E-state index is -0.938. The van der Waals surface area contributed by atoms with Gasteiger partial charge in [0, 0.05) is 12.6 Å². The van der Waals surface area contributed by atoms with E-state index in [0.29, 0.717) is 28.6 Å². The van der Waals surface area contributed by atoms with E-state index in [1.165, 1.54) is 28.9 Å². The summed E-state index contributed by atoms with van der Waals surface area (Å²) in [7, 11) is 0. The van der Waals surface area contributed by atoms with Gasteiger partial charge in [-0.3, -0.25) is 4.79 Å². The molecule has 1 amide bonds. The van der Waals surface area contributed by atoms with Crippen molar-refractivity contribution < 1.29 is 28.5 Å². The van der Waals surface area contributed by atoms with Crippen molar-refractivity contribution in [3.05, 3.63) is 59.7 Å². The first-order chi connectivity index (χ1) is 14.5. The first-order valence-electron chi connectivity index (χ1n) is 9.18. The van der Waals surface area contributed by atoms with Crippen molar-refractivity contribution in [2.24, 2.45) is 0 Å². The lowest BCUT2D eigenvalue weighted by Crippen LogP contribution is -2.35. The van der Waals surface area contributed by atoms with Gasteiger partial charge in [0.05, 0.1) is 11.4 Å². The Labute approximate surface area is 171 Å². The van der Waals surface area contributed by atoms with Crippen LogP contribution in [0, 0.1) is 12.7 Å². The molecule has 1 aliphatic rings. The minimum absolute atomic E-state index is 0.0266. The second kappa shape index (κ2) is 8.37. The monoisotopic (exact) mass is 414 g/mol. The van der Waals surface area contributed by atoms with Crippen molar-refractivity contribution in [2.75, 3.05) is 19.9 Å². The molecular formula is C20H19FN4O5. The molecule has 0 spiro atoms. The number of aliphatic hydroxyl groups excluding tert-OH is 1. The Morgan fingerprint density at radius 2 is 2.03 bits per heavy atom. The maximum Gasteiger partial charge on any atom is 0.273 e. The molecule has 4 rings (SSSR count). The molecule has 0 radical (unpaired) electrons. The molecule has 1 atom stereocenters. The van der Waals surface area contributed by atoms with Crippen LogP contribution < -0.4 is 19.5 Å². The summed E-state index contributed by atoms with van der Waals surface area (Å²) in [4.78, 5) is 12.4. The summed E-state index contributed by atoms with van der Waals surface area (Å²) in [6.45, 7) is 1.78. The first-order valence-corrected chi connectivity index (χ1v) is 9.18. The van der Waals surface area contributed by atoms with Gasteiger partial charge in [0.2, 0.25) is 6.79 Å². The average molecular weight is 414 g/mol. The minimum Gasteiger partial charge on any atom is -0.491 e. The number of carbonyl (C=O) groups excluding carboxylic acids is 1. The Bertz CT molecular complexity index is 1050. The standard InChI is InChI=1S/C20H19FN4O5/c1-12-19(23-24-25(12)14-4-2-13(21)3-5-14)20(27)22-9-15(26)10-28-16-6-7-17-18(8-16)30-11-29-17/h2-8,15,26H,9-11H2,1H3,(H,22,27). The second-order valence-electron chi connectivity index (χ2n) is 6.60. The zero-order valence-electron chi connectivity index (χ0n) is 16.0. The van der Waals surface area contributed by atoms with Crippen molar-refractivity contribution in [1.82, 2.24) is 20.3 Å². The number of fused-ring (bicyclic) bond motifs is 1. The van der Waals surface area contributed by atoms with E-state index in [1.807, 2.05) is 0 Å². The molecule has 1 unspecified atom stereocenters. The molecule has 156 valence electrons. The van der Waals surface area contributed by atoms with E-state index in [4.69, 9.17) is 14.2 Å². The van der Waals surface area contributed by atoms with Crippen LogP contribution in [0.4, 0.5) is 4.39 Å². The SMILES string of the molecule is Cc1c(C(=O)NCC(O)COc2ccc3c(c2)OCO3)nnn1-c1ccc(F)cc1. The van der Waals surface area contributed by atoms with E-state index < -0.39 is 12.0 Å². The molecule has 0 saturated carbocycles. The summed E-state index contributed by atoms with van der Waals surface area (Å²) in [5, 5.41) is 20.5. The second-order valence-corrected chi connectivity index (χ2v) is 6.60. The lowest BCUT2D eigenvalue weighted by Gasteiger charge is -2.13. The van der Waals surface area contributed by atoms with Gasteiger partial charge in [-0.05, 0) is 43.3 Å². The third-order valence-corrected chi connectivity index (χ3v) is 4.47. The van der Waals surface area contributed by atoms with Crippen LogP contribution in [0.2, 0.25) is 0 Å². The first kappa shape index (κ1) is 19.6. The van der Waals surface area contributed by atoms with Gasteiger partial charge in [0.15, 0.2) is 17.2 Å². The lowest BCUT2D eigenvalue weighted by molar-refractivity contribution is 0.0839. The molecule has 10 heteroatoms. The number of aliphatic hydroxyl groups is 1. The van der Waals surface area contributed by atoms with E-state index in [-0.39, 0.29) is 31.5 Å². The third-order valence-electron chi connectivity index (χ3n) is 4.47. The number of nitrogens with one attached hydrogen (secondary N) is 1. The molecule has 0 saturated heterocycles. The molecule has 1 aliphatic heterocycles. The number of aromatic nitrogens is 3. The Kier molecular flexibility index (Phi) is 5.48. The van der Waals surface area contributed by atoms with Gasteiger partial charge in [-0.1, -0.05) is 5.21 Å². The summed E-state index contributed by atoms with van der Waals surface area (Å²) >= 11 is 0. The molecule has 2 heterocycles. The van der Waals surface area contributed by atoms with Gasteiger partial charge in [0.25, 0.3) is 5.91 Å². The number of hydrogen-bond donors (Lipinski definition) is 2. The van der Waals surface area contributed by atoms with Gasteiger partial charge < -0.3 is 24.6 Å². The molecule has 0 bridgehead atoms. The van der Waals surface area contributed by atoms with Crippen LogP contribution in [0.3, 0.4) is 0 Å². The van der Waals surface area contributed by atoms with E-state index in [0.717, 1.165) is 0 Å². The van der Waals surface area contributed by atoms with Crippen LogP contribution in [0.1, 0.15) is 16.2 Å². The fraction of sp³-hybridized carbons (Fsp3) is 0.250. The van der Waals surface area contributed by atoms with Gasteiger partial charge in [-0.25, -0.2) is 9.07 Å². The van der Waals surface area contributed by atoms with Crippen molar-refractivity contribution in [3.63, 3.8) is 0 Å². The maximum absolute atomic E-state index is 13.1. The smallest absolute Gasteiger partial charge is 0.273 e. The number of amides is 1. The predicted molar refractivity (Wildman–Crippen MR) is 102 cm³/mol. The molecule has 2 N–H and O–H groups in total. The number of nitrogens with zero attached hydrogens (tertiary/aromatic N) is 3. The van der Waals surface area contributed by atoms with Crippen LogP contribution in [0.5, 0.6) is 17.2 Å². The van der Waals surface area contributed by atoms with Crippen molar-refractivity contribution >= 4 is 5.91 Å². The Morgan fingerprint density at radius 3 is 2.83 bits per heavy atom. The fourth-order valence-electron chi connectivity index (χ4n) is 2.88. The third kappa shape index (κ3) is 4.18. The fourth-order valence-corrected chi connectivity index (χ4v) is 2.88. The summed E-state index contributed by atoms with van der Waals surface area (Å²) in [5.41, 5.74) is 1.19. The maximum atomic E-state index is 13.1. The van der Waals surface area contributed by atoms with Crippen LogP contribution in [0.15, 0.2) is 42.5 Å². The van der Waals surface area contributed by atoms with Gasteiger partial charge in [-0.15, -0.1) is 5.10 Å². The number of halogens is 1. The van der Waals surface area contributed by atoms with Gasteiger partial charge in [0.1, 0.15) is 24.3 Å². The molecule has 0 fully saturated rings. The van der Waals surface area contributed by atoms with Crippen LogP contribution in [-0.2, 0) is 0 Å².